The fourth-order valence-corrected chi connectivity index (χ4v) is 6.26. The van der Waals surface area contributed by atoms with Gasteiger partial charge in [0.25, 0.3) is 5.91 Å². The highest BCUT2D eigenvalue weighted by atomic mass is 16.6. The largest absolute Gasteiger partial charge is 0.477 e. The van der Waals surface area contributed by atoms with E-state index in [2.05, 4.69) is 42.0 Å². The fourth-order valence-electron chi connectivity index (χ4n) is 6.26. The Morgan fingerprint density at radius 2 is 1.98 bits per heavy atom. The van der Waals surface area contributed by atoms with Gasteiger partial charge in [-0.2, -0.15) is 10.1 Å². The summed E-state index contributed by atoms with van der Waals surface area (Å²) in [7, 11) is 1.85. The molecule has 1 saturated heterocycles. The Morgan fingerprint density at radius 1 is 1.13 bits per heavy atom. The van der Waals surface area contributed by atoms with E-state index in [0.717, 1.165) is 74.0 Å². The van der Waals surface area contributed by atoms with Crippen LogP contribution in [0.25, 0.3) is 22.3 Å². The van der Waals surface area contributed by atoms with E-state index in [1.54, 1.807) is 29.2 Å². The third-order valence-corrected chi connectivity index (χ3v) is 8.41. The van der Waals surface area contributed by atoms with Gasteiger partial charge >= 0.3 is 6.09 Å². The maximum absolute atomic E-state index is 13.7. The number of aromatic nitrogens is 5. The Balaban J connectivity index is 1.23. The summed E-state index contributed by atoms with van der Waals surface area (Å²) in [5, 5.41) is 7.48. The van der Waals surface area contributed by atoms with Crippen molar-refractivity contribution in [3.05, 3.63) is 53.3 Å². The number of amides is 2. The van der Waals surface area contributed by atoms with Crippen molar-refractivity contribution in [2.24, 2.45) is 18.0 Å². The van der Waals surface area contributed by atoms with Crippen molar-refractivity contribution in [2.75, 3.05) is 25.0 Å². The number of fused-ring (bicyclic) bond motifs is 7. The van der Waals surface area contributed by atoms with Gasteiger partial charge in [0, 0.05) is 50.1 Å². The number of ether oxygens (including phenoxy) is 2. The van der Waals surface area contributed by atoms with Crippen LogP contribution in [0.2, 0.25) is 0 Å². The minimum atomic E-state index is -0.561. The molecule has 47 heavy (non-hydrogen) atoms. The van der Waals surface area contributed by atoms with Gasteiger partial charge in [-0.1, -0.05) is 6.07 Å². The number of aliphatic imine (C=N–C) groups is 1. The lowest BCUT2D eigenvalue weighted by Crippen LogP contribution is -2.35. The van der Waals surface area contributed by atoms with Crippen molar-refractivity contribution in [3.8, 4) is 17.1 Å². The van der Waals surface area contributed by atoms with Crippen LogP contribution in [0.1, 0.15) is 74.5 Å². The molecule has 0 radical (unpaired) electrons. The van der Waals surface area contributed by atoms with Crippen LogP contribution in [0.4, 0.5) is 10.7 Å². The number of likely N-dealkylation sites (tertiary alicyclic amines) is 1. The van der Waals surface area contributed by atoms with Gasteiger partial charge in [-0.3, -0.25) is 20.0 Å². The van der Waals surface area contributed by atoms with Gasteiger partial charge in [-0.15, -0.1) is 0 Å². The summed E-state index contributed by atoms with van der Waals surface area (Å²) in [4.78, 5) is 41.8. The molecule has 12 nitrogen and oxygen atoms in total. The molecule has 3 aromatic heterocycles. The molecule has 2 aliphatic heterocycles. The molecular formula is C35H44N8O4. The minimum Gasteiger partial charge on any atom is -0.477 e. The molecule has 2 aliphatic rings. The second-order valence-corrected chi connectivity index (χ2v) is 13.5. The average molecular weight is 641 g/mol. The molecule has 5 heterocycles. The molecule has 1 atom stereocenters. The van der Waals surface area contributed by atoms with Crippen molar-refractivity contribution >= 4 is 35.2 Å². The van der Waals surface area contributed by atoms with Gasteiger partial charge in [-0.25, -0.2) is 14.5 Å². The smallest absolute Gasteiger partial charge is 0.433 e. The van der Waals surface area contributed by atoms with Crippen molar-refractivity contribution in [1.82, 2.24) is 29.2 Å². The minimum absolute atomic E-state index is 0.189. The highest BCUT2D eigenvalue weighted by Gasteiger charge is 2.22. The van der Waals surface area contributed by atoms with Crippen LogP contribution in [0, 0.1) is 12.8 Å². The van der Waals surface area contributed by atoms with E-state index in [1.807, 2.05) is 40.8 Å². The monoisotopic (exact) mass is 640 g/mol. The number of nitrogens with one attached hydrogen (secondary N) is 1. The third-order valence-electron chi connectivity index (χ3n) is 8.41. The van der Waals surface area contributed by atoms with E-state index >= 15 is 0 Å². The summed E-state index contributed by atoms with van der Waals surface area (Å²) in [5.74, 6) is 1.12. The second-order valence-electron chi connectivity index (χ2n) is 13.5. The molecule has 1 unspecified atom stereocenters. The van der Waals surface area contributed by atoms with Crippen LogP contribution in [-0.2, 0) is 24.9 Å². The Labute approximate surface area is 275 Å². The van der Waals surface area contributed by atoms with Crippen molar-refractivity contribution in [3.63, 3.8) is 0 Å². The predicted octanol–water partition coefficient (Wildman–Crippen LogP) is 6.17. The maximum Gasteiger partial charge on any atom is 0.433 e. The van der Waals surface area contributed by atoms with Crippen molar-refractivity contribution in [1.29, 1.82) is 0 Å². The van der Waals surface area contributed by atoms with Crippen molar-refractivity contribution in [2.45, 2.75) is 78.5 Å². The quantitative estimate of drug-likeness (QED) is 0.263. The molecular weight excluding hydrogens is 596 g/mol. The first-order valence-corrected chi connectivity index (χ1v) is 16.5. The Hall–Kier alpha value is -4.58. The fraction of sp³-hybridized carbons (Fsp3) is 0.486. The van der Waals surface area contributed by atoms with Crippen LogP contribution in [-0.4, -0.2) is 72.7 Å². The molecule has 2 bridgehead atoms. The van der Waals surface area contributed by atoms with Crippen LogP contribution >= 0.6 is 0 Å². The predicted molar refractivity (Wildman–Crippen MR) is 181 cm³/mol. The van der Waals surface area contributed by atoms with Gasteiger partial charge < -0.3 is 14.0 Å². The zero-order valence-electron chi connectivity index (χ0n) is 28.0. The van der Waals surface area contributed by atoms with Crippen molar-refractivity contribution < 1.29 is 19.1 Å². The van der Waals surface area contributed by atoms with Crippen LogP contribution in [0.15, 0.2) is 41.5 Å². The summed E-state index contributed by atoms with van der Waals surface area (Å²) in [5.41, 5.74) is 5.05. The number of benzene rings is 1. The zero-order chi connectivity index (χ0) is 33.1. The molecule has 12 heteroatoms. The lowest BCUT2D eigenvalue weighted by Gasteiger charge is -2.31. The summed E-state index contributed by atoms with van der Waals surface area (Å²) in [6.45, 7) is 11.2. The standard InChI is InChI=1S/C35H44N8O4/c1-23-16-26-18-29(38-23)27-20-37-41(5)32(27)46-15-8-6-7-14-43-30-17-24(11-12-28(30)39-33(43)40-31(26)44)21-42-13-9-10-25(22-42)19-36-34(45)47-35(2,3)4/h11-12,16-20,25H,6-10,13-15,21-22H2,1-5H3,(H,39,40,44). The van der Waals surface area contributed by atoms with Gasteiger partial charge in [0.15, 0.2) is 0 Å². The number of rotatable bonds is 3. The lowest BCUT2D eigenvalue weighted by molar-refractivity contribution is 0.0603. The number of nitrogens with zero attached hydrogens (tertiary/aromatic N) is 7. The first kappa shape index (κ1) is 32.4. The number of carbonyl (C=O) groups excluding carboxylic acids is 2. The van der Waals surface area contributed by atoms with Gasteiger partial charge in [0.2, 0.25) is 11.8 Å². The number of hydrogen-bond donors (Lipinski definition) is 1. The molecule has 1 fully saturated rings. The van der Waals surface area contributed by atoms with Crippen LogP contribution in [0.3, 0.4) is 0 Å². The summed E-state index contributed by atoms with van der Waals surface area (Å²) >= 11 is 0. The van der Waals surface area contributed by atoms with E-state index in [1.165, 1.54) is 5.56 Å². The van der Waals surface area contributed by atoms with E-state index in [0.29, 0.717) is 36.2 Å². The first-order valence-electron chi connectivity index (χ1n) is 16.5. The number of imidazole rings is 1. The average Bonchev–Trinajstić information content (AvgIpc) is 3.55. The molecule has 1 aromatic carbocycles. The highest BCUT2D eigenvalue weighted by Crippen LogP contribution is 2.30. The lowest BCUT2D eigenvalue weighted by atomic mass is 9.99. The molecule has 248 valence electrons. The van der Waals surface area contributed by atoms with E-state index in [4.69, 9.17) is 14.5 Å². The highest BCUT2D eigenvalue weighted by molar-refractivity contribution is 6.04. The van der Waals surface area contributed by atoms with Gasteiger partial charge in [-0.05, 0) is 96.2 Å². The number of carbonyl (C=O) groups is 2. The van der Waals surface area contributed by atoms with Gasteiger partial charge in [0.1, 0.15) is 5.60 Å². The molecule has 6 rings (SSSR count). The van der Waals surface area contributed by atoms with E-state index < -0.39 is 11.7 Å². The van der Waals surface area contributed by atoms with Gasteiger partial charge in [0.05, 0.1) is 35.1 Å². The van der Waals surface area contributed by atoms with E-state index in [9.17, 15) is 9.59 Å². The SMILES string of the molecule is Cc1cc2cc(n1)-c1cnn(C)c1OCCCCCn1c(nc3ccc(CN4CCCC(C=NC(=O)OC(C)(C)C)C4)cc31)NC2=O. The number of aryl methyl sites for hydroxylation is 3. The number of anilines is 1. The summed E-state index contributed by atoms with van der Waals surface area (Å²) < 4.78 is 15.3. The zero-order valence-corrected chi connectivity index (χ0v) is 28.0. The molecule has 2 amide bonds. The number of hydrogen-bond acceptors (Lipinski definition) is 8. The van der Waals surface area contributed by atoms with Crippen LogP contribution in [0.5, 0.6) is 5.88 Å². The Morgan fingerprint density at radius 3 is 2.81 bits per heavy atom. The Bertz CT molecular complexity index is 1800. The molecule has 0 aliphatic carbocycles. The van der Waals surface area contributed by atoms with E-state index in [-0.39, 0.29) is 11.8 Å². The number of pyridine rings is 1. The maximum atomic E-state index is 13.7. The molecule has 0 saturated carbocycles. The summed E-state index contributed by atoms with van der Waals surface area (Å²) in [6, 6.07) is 9.89. The molecule has 1 N–H and O–H groups in total. The second kappa shape index (κ2) is 13.6. The molecule has 0 spiro atoms. The van der Waals surface area contributed by atoms with Crippen LogP contribution < -0.4 is 10.1 Å². The third kappa shape index (κ3) is 7.87. The first-order chi connectivity index (χ1) is 22.5. The molecule has 4 aromatic rings. The number of piperidine rings is 1. The normalized spacial score (nSPS) is 18.1. The Kier molecular flexibility index (Phi) is 9.40. The summed E-state index contributed by atoms with van der Waals surface area (Å²) in [6.07, 6.45) is 7.69. The topological polar surface area (TPSA) is 129 Å².